The van der Waals surface area contributed by atoms with Crippen LogP contribution < -0.4 is 16.0 Å². The smallest absolute Gasteiger partial charge is 0.315 e. The largest absolute Gasteiger partial charge is 0.342 e. The quantitative estimate of drug-likeness (QED) is 0.616. The van der Waals surface area contributed by atoms with Crippen molar-refractivity contribution < 1.29 is 9.59 Å². The number of amides is 3. The summed E-state index contributed by atoms with van der Waals surface area (Å²) in [5.74, 6) is 3.37. The molecule has 0 aromatic rings. The van der Waals surface area contributed by atoms with Gasteiger partial charge in [-0.1, -0.05) is 26.7 Å². The predicted molar refractivity (Wildman–Crippen MR) is 128 cm³/mol. The third-order valence-electron chi connectivity index (χ3n) is 9.38. The SMILES string of the molecule is CC1CCC(CNC(=O)NC2CCC(C)C(C3CC4CNC(C)CC4N(C)C3=O)C2)CC1. The van der Waals surface area contributed by atoms with Crippen molar-refractivity contribution in [3.63, 3.8) is 0 Å². The van der Waals surface area contributed by atoms with E-state index in [2.05, 4.69) is 41.6 Å². The zero-order chi connectivity index (χ0) is 22.8. The predicted octanol–water partition coefficient (Wildman–Crippen LogP) is 3.76. The van der Waals surface area contributed by atoms with Crippen molar-refractivity contribution in [1.29, 1.82) is 0 Å². The van der Waals surface area contributed by atoms with Crippen LogP contribution in [-0.4, -0.2) is 55.1 Å². The molecule has 7 atom stereocenters. The number of hydrogen-bond donors (Lipinski definition) is 3. The summed E-state index contributed by atoms with van der Waals surface area (Å²) < 4.78 is 0. The van der Waals surface area contributed by atoms with Crippen LogP contribution in [0.5, 0.6) is 0 Å². The minimum Gasteiger partial charge on any atom is -0.342 e. The monoisotopic (exact) mass is 446 g/mol. The lowest BCUT2D eigenvalue weighted by molar-refractivity contribution is -0.148. The van der Waals surface area contributed by atoms with Crippen molar-refractivity contribution >= 4 is 11.9 Å². The van der Waals surface area contributed by atoms with Gasteiger partial charge in [0.1, 0.15) is 0 Å². The molecule has 0 spiro atoms. The Hall–Kier alpha value is -1.30. The van der Waals surface area contributed by atoms with E-state index in [1.54, 1.807) is 0 Å². The normalized spacial score (nSPS) is 42.8. The summed E-state index contributed by atoms with van der Waals surface area (Å²) in [5.41, 5.74) is 0. The zero-order valence-corrected chi connectivity index (χ0v) is 20.7. The lowest BCUT2D eigenvalue weighted by Crippen LogP contribution is -2.60. The molecule has 6 nitrogen and oxygen atoms in total. The second-order valence-electron chi connectivity index (χ2n) is 11.8. The molecular weight excluding hydrogens is 400 g/mol. The molecule has 2 aliphatic heterocycles. The van der Waals surface area contributed by atoms with Gasteiger partial charge in [-0.2, -0.15) is 0 Å². The van der Waals surface area contributed by atoms with E-state index < -0.39 is 0 Å². The number of hydrogen-bond acceptors (Lipinski definition) is 3. The number of nitrogens with zero attached hydrogens (tertiary/aromatic N) is 1. The van der Waals surface area contributed by atoms with Gasteiger partial charge >= 0.3 is 6.03 Å². The third-order valence-corrected chi connectivity index (χ3v) is 9.38. The topological polar surface area (TPSA) is 73.5 Å². The Morgan fingerprint density at radius 1 is 1.03 bits per heavy atom. The molecule has 32 heavy (non-hydrogen) atoms. The van der Waals surface area contributed by atoms with Crippen molar-refractivity contribution in [3.05, 3.63) is 0 Å². The van der Waals surface area contributed by atoms with Crippen LogP contribution in [0.2, 0.25) is 0 Å². The summed E-state index contributed by atoms with van der Waals surface area (Å²) in [6, 6.07) is 1.04. The van der Waals surface area contributed by atoms with Gasteiger partial charge in [0.05, 0.1) is 0 Å². The van der Waals surface area contributed by atoms with Crippen LogP contribution in [0, 0.1) is 35.5 Å². The molecule has 182 valence electrons. The standard InChI is InChI=1S/C26H46N4O2/c1-16-5-8-19(9-6-16)14-28-26(32)29-21-10-7-17(2)22(13-21)23-12-20-15-27-18(3)11-24(20)30(4)25(23)31/h16-24,27H,5-15H2,1-4H3,(H2,28,29,32). The number of carbonyl (C=O) groups excluding carboxylic acids is 2. The maximum absolute atomic E-state index is 13.4. The first-order valence-electron chi connectivity index (χ1n) is 13.4. The minimum atomic E-state index is -0.0143. The van der Waals surface area contributed by atoms with E-state index in [0.717, 1.165) is 51.1 Å². The number of urea groups is 1. The van der Waals surface area contributed by atoms with E-state index in [4.69, 9.17) is 0 Å². The van der Waals surface area contributed by atoms with Gasteiger partial charge in [0.2, 0.25) is 5.91 Å². The fourth-order valence-electron chi connectivity index (χ4n) is 7.11. The van der Waals surface area contributed by atoms with E-state index >= 15 is 0 Å². The fraction of sp³-hybridized carbons (Fsp3) is 0.923. The van der Waals surface area contributed by atoms with E-state index in [1.165, 1.54) is 25.7 Å². The average Bonchev–Trinajstić information content (AvgIpc) is 2.78. The summed E-state index contributed by atoms with van der Waals surface area (Å²) in [7, 11) is 2.02. The highest BCUT2D eigenvalue weighted by Gasteiger charge is 2.47. The molecule has 4 aliphatic rings. The van der Waals surface area contributed by atoms with Crippen LogP contribution in [0.15, 0.2) is 0 Å². The zero-order valence-electron chi connectivity index (χ0n) is 20.7. The molecular formula is C26H46N4O2. The number of rotatable bonds is 4. The van der Waals surface area contributed by atoms with Crippen LogP contribution in [0.4, 0.5) is 4.79 Å². The first kappa shape index (κ1) is 23.8. The van der Waals surface area contributed by atoms with Gasteiger partial charge in [-0.15, -0.1) is 0 Å². The molecule has 2 heterocycles. The first-order chi connectivity index (χ1) is 15.3. The maximum atomic E-state index is 13.4. The molecule has 0 bridgehead atoms. The molecule has 0 aromatic carbocycles. The summed E-state index contributed by atoms with van der Waals surface area (Å²) in [5, 5.41) is 10.0. The number of piperidine rings is 2. The molecule has 4 fully saturated rings. The van der Waals surface area contributed by atoms with Crippen molar-refractivity contribution in [2.45, 2.75) is 96.7 Å². The van der Waals surface area contributed by atoms with E-state index in [1.807, 2.05) is 7.05 Å². The van der Waals surface area contributed by atoms with Crippen LogP contribution in [0.3, 0.4) is 0 Å². The molecule has 3 amide bonds. The third kappa shape index (κ3) is 5.43. The van der Waals surface area contributed by atoms with Crippen LogP contribution >= 0.6 is 0 Å². The Bertz CT molecular complexity index is 662. The van der Waals surface area contributed by atoms with Crippen molar-refractivity contribution in [2.24, 2.45) is 35.5 Å². The van der Waals surface area contributed by atoms with Crippen LogP contribution in [0.1, 0.15) is 78.6 Å². The Morgan fingerprint density at radius 3 is 2.53 bits per heavy atom. The molecule has 0 radical (unpaired) electrons. The van der Waals surface area contributed by atoms with Gasteiger partial charge in [-0.3, -0.25) is 4.79 Å². The lowest BCUT2D eigenvalue weighted by Gasteiger charge is -2.50. The number of fused-ring (bicyclic) bond motifs is 1. The molecule has 7 unspecified atom stereocenters. The Kier molecular flexibility index (Phi) is 7.69. The van der Waals surface area contributed by atoms with Crippen molar-refractivity contribution in [3.8, 4) is 0 Å². The number of carbonyl (C=O) groups is 2. The first-order valence-corrected chi connectivity index (χ1v) is 13.4. The summed E-state index contributed by atoms with van der Waals surface area (Å²) >= 11 is 0. The second-order valence-corrected chi connectivity index (χ2v) is 11.8. The van der Waals surface area contributed by atoms with Gasteiger partial charge < -0.3 is 20.9 Å². The molecule has 2 saturated carbocycles. The lowest BCUT2D eigenvalue weighted by atomic mass is 9.65. The van der Waals surface area contributed by atoms with E-state index in [0.29, 0.717) is 41.7 Å². The summed E-state index contributed by atoms with van der Waals surface area (Å²) in [6.45, 7) is 8.68. The Labute approximate surface area is 195 Å². The van der Waals surface area contributed by atoms with Crippen LogP contribution in [-0.2, 0) is 4.79 Å². The summed E-state index contributed by atoms with van der Waals surface area (Å²) in [6.07, 6.45) is 10.1. The number of nitrogens with one attached hydrogen (secondary N) is 3. The fourth-order valence-corrected chi connectivity index (χ4v) is 7.11. The highest BCUT2D eigenvalue weighted by atomic mass is 16.2. The number of likely N-dealkylation sites (tertiary alicyclic amines) is 1. The van der Waals surface area contributed by atoms with Gasteiger partial charge in [0.25, 0.3) is 0 Å². The van der Waals surface area contributed by atoms with E-state index in [-0.39, 0.29) is 18.0 Å². The highest BCUT2D eigenvalue weighted by Crippen LogP contribution is 2.43. The summed E-state index contributed by atoms with van der Waals surface area (Å²) in [4.78, 5) is 28.0. The molecule has 2 saturated heterocycles. The van der Waals surface area contributed by atoms with Gasteiger partial charge in [0, 0.05) is 44.2 Å². The molecule has 2 aliphatic carbocycles. The van der Waals surface area contributed by atoms with Gasteiger partial charge in [0.15, 0.2) is 0 Å². The average molecular weight is 447 g/mol. The molecule has 0 aromatic heterocycles. The highest BCUT2D eigenvalue weighted by molar-refractivity contribution is 5.80. The molecule has 3 N–H and O–H groups in total. The van der Waals surface area contributed by atoms with Crippen molar-refractivity contribution in [1.82, 2.24) is 20.9 Å². The van der Waals surface area contributed by atoms with Gasteiger partial charge in [-0.25, -0.2) is 4.79 Å². The maximum Gasteiger partial charge on any atom is 0.315 e. The Balaban J connectivity index is 1.30. The van der Waals surface area contributed by atoms with E-state index in [9.17, 15) is 9.59 Å². The molecule has 6 heteroatoms. The van der Waals surface area contributed by atoms with Crippen molar-refractivity contribution in [2.75, 3.05) is 20.1 Å². The minimum absolute atomic E-state index is 0.0143. The Morgan fingerprint density at radius 2 is 1.78 bits per heavy atom. The second kappa shape index (κ2) is 10.3. The molecule has 4 rings (SSSR count). The van der Waals surface area contributed by atoms with Gasteiger partial charge in [-0.05, 0) is 81.5 Å². The van der Waals surface area contributed by atoms with Crippen LogP contribution in [0.25, 0.3) is 0 Å².